The van der Waals surface area contributed by atoms with Gasteiger partial charge >= 0.3 is 11.7 Å². The first-order valence-electron chi connectivity index (χ1n) is 4.47. The largest absolute Gasteiger partial charge is 0.480 e. The lowest BCUT2D eigenvalue weighted by atomic mass is 10.2. The van der Waals surface area contributed by atoms with Gasteiger partial charge in [-0.25, -0.2) is 9.59 Å². The van der Waals surface area contributed by atoms with Crippen molar-refractivity contribution >= 4 is 11.9 Å². The van der Waals surface area contributed by atoms with Crippen LogP contribution in [-0.4, -0.2) is 33.0 Å². The molecular weight excluding hydrogens is 214 g/mol. The summed E-state index contributed by atoms with van der Waals surface area (Å²) in [6.07, 6.45) is 2.67. The molecular formula is C9H11N3O4. The number of rotatable bonds is 5. The van der Waals surface area contributed by atoms with Crippen LogP contribution in [0.3, 0.4) is 0 Å². The molecule has 1 aromatic rings. The van der Waals surface area contributed by atoms with Crippen molar-refractivity contribution < 1.29 is 14.7 Å². The van der Waals surface area contributed by atoms with Crippen LogP contribution >= 0.6 is 0 Å². The molecule has 0 aliphatic carbocycles. The first-order valence-corrected chi connectivity index (χ1v) is 4.47. The quantitative estimate of drug-likeness (QED) is 0.504. The minimum Gasteiger partial charge on any atom is -0.480 e. The van der Waals surface area contributed by atoms with E-state index in [1.165, 1.54) is 12.3 Å². The molecule has 7 nitrogen and oxygen atoms in total. The van der Waals surface area contributed by atoms with E-state index >= 15 is 0 Å². The highest BCUT2D eigenvalue weighted by atomic mass is 16.4. The molecule has 1 heterocycles. The lowest BCUT2D eigenvalue weighted by Crippen LogP contribution is -2.40. The van der Waals surface area contributed by atoms with Gasteiger partial charge < -0.3 is 20.4 Å². The minimum atomic E-state index is -1.16. The van der Waals surface area contributed by atoms with E-state index in [2.05, 4.69) is 21.9 Å². The number of amides is 1. The van der Waals surface area contributed by atoms with E-state index < -0.39 is 23.6 Å². The number of nitrogens with one attached hydrogen (secondary N) is 3. The molecule has 0 radical (unpaired) electrons. The smallest absolute Gasteiger partial charge is 0.326 e. The molecule has 1 unspecified atom stereocenters. The summed E-state index contributed by atoms with van der Waals surface area (Å²) in [6.45, 7) is 3.39. The van der Waals surface area contributed by atoms with E-state index in [4.69, 9.17) is 5.11 Å². The number of H-pyrrole nitrogens is 2. The predicted octanol–water partition coefficient (Wildman–Crippen LogP) is -0.538. The van der Waals surface area contributed by atoms with Crippen LogP contribution in [0.4, 0.5) is 0 Å². The van der Waals surface area contributed by atoms with Crippen molar-refractivity contribution in [3.05, 3.63) is 35.0 Å². The summed E-state index contributed by atoms with van der Waals surface area (Å²) >= 11 is 0. The maximum Gasteiger partial charge on any atom is 0.326 e. The summed E-state index contributed by atoms with van der Waals surface area (Å²) in [5.41, 5.74) is -0.541. The van der Waals surface area contributed by atoms with Gasteiger partial charge in [0.1, 0.15) is 11.7 Å². The van der Waals surface area contributed by atoms with E-state index in [0.29, 0.717) is 0 Å². The van der Waals surface area contributed by atoms with Crippen LogP contribution in [0.1, 0.15) is 16.9 Å². The number of carbonyl (C=O) groups is 2. The Balaban J connectivity index is 2.72. The normalized spacial score (nSPS) is 11.8. The predicted molar refractivity (Wildman–Crippen MR) is 55.1 cm³/mol. The van der Waals surface area contributed by atoms with Gasteiger partial charge in [-0.1, -0.05) is 6.08 Å². The maximum atomic E-state index is 11.4. The van der Waals surface area contributed by atoms with E-state index in [-0.39, 0.29) is 12.1 Å². The van der Waals surface area contributed by atoms with Gasteiger partial charge in [-0.2, -0.15) is 0 Å². The Morgan fingerprint density at radius 2 is 2.31 bits per heavy atom. The third-order valence-electron chi connectivity index (χ3n) is 1.85. The highest BCUT2D eigenvalue weighted by molar-refractivity contribution is 5.94. The number of carbonyl (C=O) groups excluding carboxylic acids is 1. The van der Waals surface area contributed by atoms with E-state index in [1.54, 1.807) is 0 Å². The third kappa shape index (κ3) is 2.84. The van der Waals surface area contributed by atoms with Gasteiger partial charge in [-0.05, 0) is 6.42 Å². The van der Waals surface area contributed by atoms with Crippen molar-refractivity contribution in [1.29, 1.82) is 0 Å². The highest BCUT2D eigenvalue weighted by Crippen LogP contribution is 1.96. The molecule has 0 aliphatic rings. The highest BCUT2D eigenvalue weighted by Gasteiger charge is 2.19. The number of aromatic nitrogens is 2. The fraction of sp³-hybridized carbons (Fsp3) is 0.222. The van der Waals surface area contributed by atoms with Crippen LogP contribution in [0, 0.1) is 0 Å². The molecule has 0 bridgehead atoms. The number of hydrogen-bond donors (Lipinski definition) is 4. The van der Waals surface area contributed by atoms with Gasteiger partial charge in [0.15, 0.2) is 0 Å². The standard InChI is InChI=1S/C9H11N3O4/c1-2-3-5(8(14)15)11-7(13)6-4-10-9(16)12-6/h2,4-5H,1,3H2,(H,11,13)(H,14,15)(H2,10,12,16). The molecule has 1 amide bonds. The second kappa shape index (κ2) is 4.96. The molecule has 1 aromatic heterocycles. The average molecular weight is 225 g/mol. The number of aromatic amines is 2. The van der Waals surface area contributed by atoms with Crippen molar-refractivity contribution in [2.45, 2.75) is 12.5 Å². The van der Waals surface area contributed by atoms with Gasteiger partial charge in [-0.3, -0.25) is 4.79 Å². The zero-order valence-electron chi connectivity index (χ0n) is 8.32. The Bertz CT molecular complexity index is 459. The van der Waals surface area contributed by atoms with Gasteiger partial charge in [0.2, 0.25) is 0 Å². The summed E-state index contributed by atoms with van der Waals surface area (Å²) in [5, 5.41) is 11.0. The lowest BCUT2D eigenvalue weighted by molar-refractivity contribution is -0.139. The Labute approximate surface area is 90.2 Å². The molecule has 1 atom stereocenters. The minimum absolute atomic E-state index is 0.0136. The molecule has 0 aliphatic heterocycles. The summed E-state index contributed by atoms with van der Waals surface area (Å²) in [5.74, 6) is -1.82. The maximum absolute atomic E-state index is 11.4. The van der Waals surface area contributed by atoms with Gasteiger partial charge in [-0.15, -0.1) is 6.58 Å². The Morgan fingerprint density at radius 3 is 2.75 bits per heavy atom. The molecule has 4 N–H and O–H groups in total. The summed E-state index contributed by atoms with van der Waals surface area (Å²) < 4.78 is 0. The average Bonchev–Trinajstić information content (AvgIpc) is 2.64. The van der Waals surface area contributed by atoms with Crippen LogP contribution in [0.25, 0.3) is 0 Å². The van der Waals surface area contributed by atoms with Crippen LogP contribution in [-0.2, 0) is 4.79 Å². The zero-order chi connectivity index (χ0) is 12.1. The molecule has 0 saturated heterocycles. The Kier molecular flexibility index (Phi) is 3.65. The van der Waals surface area contributed by atoms with Crippen molar-refractivity contribution in [3.8, 4) is 0 Å². The van der Waals surface area contributed by atoms with Crippen molar-refractivity contribution in [2.24, 2.45) is 0 Å². The topological polar surface area (TPSA) is 115 Å². The number of aliphatic carboxylic acids is 1. The van der Waals surface area contributed by atoms with Crippen LogP contribution < -0.4 is 11.0 Å². The first-order chi connectivity index (χ1) is 7.54. The molecule has 1 rings (SSSR count). The molecule has 0 saturated carbocycles. The van der Waals surface area contributed by atoms with Crippen LogP contribution in [0.15, 0.2) is 23.6 Å². The van der Waals surface area contributed by atoms with E-state index in [1.807, 2.05) is 0 Å². The second-order valence-electron chi connectivity index (χ2n) is 3.05. The monoisotopic (exact) mass is 225 g/mol. The molecule has 0 spiro atoms. The Morgan fingerprint density at radius 1 is 1.62 bits per heavy atom. The fourth-order valence-electron chi connectivity index (χ4n) is 1.08. The third-order valence-corrected chi connectivity index (χ3v) is 1.85. The van der Waals surface area contributed by atoms with E-state index in [9.17, 15) is 14.4 Å². The van der Waals surface area contributed by atoms with Crippen molar-refractivity contribution in [2.75, 3.05) is 0 Å². The second-order valence-corrected chi connectivity index (χ2v) is 3.05. The number of carboxylic acids is 1. The Hall–Kier alpha value is -2.31. The summed E-state index contributed by atoms with van der Waals surface area (Å²) in [4.78, 5) is 37.3. The molecule has 0 aromatic carbocycles. The molecule has 16 heavy (non-hydrogen) atoms. The number of carboxylic acid groups (broad SMARTS) is 1. The van der Waals surface area contributed by atoms with Gasteiger partial charge in [0, 0.05) is 6.20 Å². The summed E-state index contributed by atoms with van der Waals surface area (Å²) in [6, 6.07) is -1.05. The van der Waals surface area contributed by atoms with Crippen LogP contribution in [0.5, 0.6) is 0 Å². The SMILES string of the molecule is C=CCC(NC(=O)c1c[nH]c(=O)[nH]1)C(=O)O. The van der Waals surface area contributed by atoms with Crippen molar-refractivity contribution in [3.63, 3.8) is 0 Å². The number of imidazole rings is 1. The van der Waals surface area contributed by atoms with Crippen molar-refractivity contribution in [1.82, 2.24) is 15.3 Å². The first kappa shape index (κ1) is 11.8. The molecule has 7 heteroatoms. The molecule has 86 valence electrons. The summed E-state index contributed by atoms with van der Waals surface area (Å²) in [7, 11) is 0. The zero-order valence-corrected chi connectivity index (χ0v) is 8.32. The van der Waals surface area contributed by atoms with E-state index in [0.717, 1.165) is 0 Å². The lowest BCUT2D eigenvalue weighted by Gasteiger charge is -2.11. The van der Waals surface area contributed by atoms with Gasteiger partial charge in [0.25, 0.3) is 5.91 Å². The molecule has 0 fully saturated rings. The number of hydrogen-bond acceptors (Lipinski definition) is 3. The fourth-order valence-corrected chi connectivity index (χ4v) is 1.08. The van der Waals surface area contributed by atoms with Gasteiger partial charge in [0.05, 0.1) is 0 Å². The van der Waals surface area contributed by atoms with Crippen LogP contribution in [0.2, 0.25) is 0 Å².